The van der Waals surface area contributed by atoms with E-state index in [1.54, 1.807) is 4.90 Å². The van der Waals surface area contributed by atoms with Crippen molar-refractivity contribution in [2.75, 3.05) is 13.1 Å². The molecule has 0 saturated heterocycles. The van der Waals surface area contributed by atoms with Crippen LogP contribution in [0.15, 0.2) is 72.8 Å². The van der Waals surface area contributed by atoms with Gasteiger partial charge in [0.2, 0.25) is 5.91 Å². The molecule has 172 valence electrons. The minimum Gasteiger partial charge on any atom is -0.355 e. The van der Waals surface area contributed by atoms with E-state index in [4.69, 9.17) is 0 Å². The number of para-hydroxylation sites is 1. The van der Waals surface area contributed by atoms with Crippen molar-refractivity contribution in [1.29, 1.82) is 0 Å². The van der Waals surface area contributed by atoms with Crippen LogP contribution in [-0.4, -0.2) is 34.4 Å². The second kappa shape index (κ2) is 8.82. The van der Waals surface area contributed by atoms with Gasteiger partial charge in [-0.25, -0.2) is 0 Å². The molecule has 0 aliphatic carbocycles. The molecular formula is C29H29N3O2. The number of aromatic nitrogens is 1. The van der Waals surface area contributed by atoms with Gasteiger partial charge >= 0.3 is 0 Å². The summed E-state index contributed by atoms with van der Waals surface area (Å²) in [4.78, 5) is 28.1. The van der Waals surface area contributed by atoms with Crippen LogP contribution in [0.25, 0.3) is 22.2 Å². The third-order valence-electron chi connectivity index (χ3n) is 6.69. The van der Waals surface area contributed by atoms with Gasteiger partial charge in [-0.05, 0) is 36.6 Å². The van der Waals surface area contributed by atoms with E-state index in [1.165, 1.54) is 5.56 Å². The topological polar surface area (TPSA) is 54.3 Å². The van der Waals surface area contributed by atoms with E-state index in [0.717, 1.165) is 39.7 Å². The average Bonchev–Trinajstić information content (AvgIpc) is 3.29. The average molecular weight is 452 g/mol. The van der Waals surface area contributed by atoms with E-state index in [0.29, 0.717) is 12.1 Å². The van der Waals surface area contributed by atoms with Gasteiger partial charge in [-0.15, -0.1) is 0 Å². The number of carbonyl (C=O) groups is 2. The molecule has 4 aromatic rings. The van der Waals surface area contributed by atoms with E-state index < -0.39 is 0 Å². The summed E-state index contributed by atoms with van der Waals surface area (Å²) in [5.74, 6) is -0.236. The molecule has 1 atom stereocenters. The number of aryl methyl sites for hydroxylation is 2. The Morgan fingerprint density at radius 1 is 0.971 bits per heavy atom. The summed E-state index contributed by atoms with van der Waals surface area (Å²) in [6.45, 7) is 4.72. The second-order valence-corrected chi connectivity index (χ2v) is 8.98. The summed E-state index contributed by atoms with van der Waals surface area (Å²) in [6.07, 6.45) is 0.851. The SMILES string of the molecule is CCCNC(=O)CN1C(=O)c2ccccc2[C@@H]1c1c(-c2ccc(C)cc2)n(C)c2ccccc12. The van der Waals surface area contributed by atoms with Gasteiger partial charge in [-0.3, -0.25) is 9.59 Å². The molecule has 5 rings (SSSR count). The highest BCUT2D eigenvalue weighted by Gasteiger charge is 2.41. The fraction of sp³-hybridized carbons (Fsp3) is 0.241. The van der Waals surface area contributed by atoms with Crippen molar-refractivity contribution < 1.29 is 9.59 Å². The van der Waals surface area contributed by atoms with Gasteiger partial charge in [0.25, 0.3) is 5.91 Å². The number of benzene rings is 3. The first-order valence-electron chi connectivity index (χ1n) is 11.8. The number of hydrogen-bond donors (Lipinski definition) is 1. The molecular weight excluding hydrogens is 422 g/mol. The van der Waals surface area contributed by atoms with Crippen molar-refractivity contribution in [2.24, 2.45) is 7.05 Å². The summed E-state index contributed by atoms with van der Waals surface area (Å²) < 4.78 is 2.20. The minimum absolute atomic E-state index is 0.0226. The van der Waals surface area contributed by atoms with Gasteiger partial charge in [0.1, 0.15) is 6.54 Å². The fourth-order valence-corrected chi connectivity index (χ4v) is 5.08. The number of nitrogens with zero attached hydrogens (tertiary/aromatic N) is 2. The molecule has 0 fully saturated rings. The molecule has 0 radical (unpaired) electrons. The van der Waals surface area contributed by atoms with Crippen LogP contribution >= 0.6 is 0 Å². The van der Waals surface area contributed by atoms with Crippen molar-refractivity contribution in [3.63, 3.8) is 0 Å². The first-order chi connectivity index (χ1) is 16.5. The molecule has 1 aromatic heterocycles. The second-order valence-electron chi connectivity index (χ2n) is 8.98. The van der Waals surface area contributed by atoms with Crippen LogP contribution in [0.2, 0.25) is 0 Å². The summed E-state index contributed by atoms with van der Waals surface area (Å²) in [5.41, 5.74) is 7.11. The Labute approximate surface area is 200 Å². The highest BCUT2D eigenvalue weighted by Crippen LogP contribution is 2.46. The van der Waals surface area contributed by atoms with Gasteiger partial charge in [0, 0.05) is 35.6 Å². The van der Waals surface area contributed by atoms with Gasteiger partial charge < -0.3 is 14.8 Å². The quantitative estimate of drug-likeness (QED) is 0.437. The third-order valence-corrected chi connectivity index (χ3v) is 6.69. The maximum Gasteiger partial charge on any atom is 0.255 e. The van der Waals surface area contributed by atoms with E-state index in [-0.39, 0.29) is 24.4 Å². The Bertz CT molecular complexity index is 1380. The van der Waals surface area contributed by atoms with Gasteiger partial charge in [0.05, 0.1) is 11.7 Å². The predicted molar refractivity (Wildman–Crippen MR) is 136 cm³/mol. The standard InChI is InChI=1S/C29H29N3O2/c1-4-17-30-25(33)18-32-28(21-9-5-6-10-22(21)29(32)34)26-23-11-7-8-12-24(23)31(3)27(26)20-15-13-19(2)14-16-20/h5-16,28H,4,17-18H2,1-3H3,(H,30,33)/t28-/m1/s1. The van der Waals surface area contributed by atoms with Crippen LogP contribution in [0, 0.1) is 6.92 Å². The molecule has 1 N–H and O–H groups in total. The summed E-state index contributed by atoms with van der Waals surface area (Å²) in [5, 5.41) is 4.03. The molecule has 0 saturated carbocycles. The number of fused-ring (bicyclic) bond motifs is 2. The number of amides is 2. The Balaban J connectivity index is 1.75. The van der Waals surface area contributed by atoms with Crippen LogP contribution in [0.4, 0.5) is 0 Å². The summed E-state index contributed by atoms with van der Waals surface area (Å²) in [7, 11) is 2.07. The molecule has 1 aliphatic heterocycles. The Morgan fingerprint density at radius 3 is 2.44 bits per heavy atom. The van der Waals surface area contributed by atoms with Crippen LogP contribution in [-0.2, 0) is 11.8 Å². The van der Waals surface area contributed by atoms with Gasteiger partial charge in [-0.2, -0.15) is 0 Å². The maximum absolute atomic E-state index is 13.6. The first kappa shape index (κ1) is 22.0. The highest BCUT2D eigenvalue weighted by molar-refractivity contribution is 6.03. The predicted octanol–water partition coefficient (Wildman–Crippen LogP) is 5.23. The van der Waals surface area contributed by atoms with Gasteiger partial charge in [-0.1, -0.05) is 73.2 Å². The van der Waals surface area contributed by atoms with Gasteiger partial charge in [0.15, 0.2) is 0 Å². The molecule has 5 nitrogen and oxygen atoms in total. The number of hydrogen-bond acceptors (Lipinski definition) is 2. The number of rotatable bonds is 6. The summed E-state index contributed by atoms with van der Waals surface area (Å²) >= 11 is 0. The Hall–Kier alpha value is -3.86. The number of carbonyl (C=O) groups excluding carboxylic acids is 2. The highest BCUT2D eigenvalue weighted by atomic mass is 16.2. The van der Waals surface area contributed by atoms with E-state index in [1.807, 2.05) is 43.3 Å². The van der Waals surface area contributed by atoms with Crippen LogP contribution in [0.5, 0.6) is 0 Å². The molecule has 5 heteroatoms. The van der Waals surface area contributed by atoms with Crippen LogP contribution < -0.4 is 5.32 Å². The zero-order chi connectivity index (χ0) is 23.8. The monoisotopic (exact) mass is 451 g/mol. The van der Waals surface area contributed by atoms with Crippen molar-refractivity contribution >= 4 is 22.7 Å². The third kappa shape index (κ3) is 3.58. The molecule has 2 amide bonds. The molecule has 1 aliphatic rings. The molecule has 0 bridgehead atoms. The lowest BCUT2D eigenvalue weighted by Gasteiger charge is -2.26. The smallest absolute Gasteiger partial charge is 0.255 e. The molecule has 0 spiro atoms. The van der Waals surface area contributed by atoms with E-state index >= 15 is 0 Å². The maximum atomic E-state index is 13.6. The van der Waals surface area contributed by atoms with Crippen molar-refractivity contribution in [1.82, 2.24) is 14.8 Å². The molecule has 2 heterocycles. The normalized spacial score (nSPS) is 15.1. The van der Waals surface area contributed by atoms with E-state index in [9.17, 15) is 9.59 Å². The lowest BCUT2D eigenvalue weighted by atomic mass is 9.93. The largest absolute Gasteiger partial charge is 0.355 e. The van der Waals surface area contributed by atoms with E-state index in [2.05, 4.69) is 60.3 Å². The first-order valence-corrected chi connectivity index (χ1v) is 11.8. The molecule has 3 aromatic carbocycles. The van der Waals surface area contributed by atoms with Crippen molar-refractivity contribution in [2.45, 2.75) is 26.3 Å². The molecule has 0 unspecified atom stereocenters. The number of nitrogens with one attached hydrogen (secondary N) is 1. The fourth-order valence-electron chi connectivity index (χ4n) is 5.08. The minimum atomic E-state index is -0.349. The van der Waals surface area contributed by atoms with Crippen molar-refractivity contribution in [3.05, 3.63) is 95.1 Å². The lowest BCUT2D eigenvalue weighted by Crippen LogP contribution is -2.39. The Kier molecular flexibility index (Phi) is 5.70. The molecule has 34 heavy (non-hydrogen) atoms. The zero-order valence-electron chi connectivity index (χ0n) is 19.8. The zero-order valence-corrected chi connectivity index (χ0v) is 19.8. The Morgan fingerprint density at radius 2 is 1.68 bits per heavy atom. The lowest BCUT2D eigenvalue weighted by molar-refractivity contribution is -0.122. The van der Waals surface area contributed by atoms with Crippen LogP contribution in [0.3, 0.4) is 0 Å². The van der Waals surface area contributed by atoms with Crippen LogP contribution in [0.1, 0.15) is 46.4 Å². The summed E-state index contributed by atoms with van der Waals surface area (Å²) in [6, 6.07) is 24.2. The van der Waals surface area contributed by atoms with Crippen molar-refractivity contribution in [3.8, 4) is 11.3 Å².